The van der Waals surface area contributed by atoms with Crippen molar-refractivity contribution in [3.8, 4) is 5.75 Å². The number of thiocarbonyl (C=S) groups is 1. The van der Waals surface area contributed by atoms with Crippen LogP contribution < -0.4 is 15.8 Å². The zero-order valence-electron chi connectivity index (χ0n) is 7.63. The molecule has 0 aliphatic carbocycles. The molecule has 1 aromatic rings. The summed E-state index contributed by atoms with van der Waals surface area (Å²) in [6.45, 7) is 1.98. The lowest BCUT2D eigenvalue weighted by Gasteiger charge is -2.08. The van der Waals surface area contributed by atoms with Crippen LogP contribution in [0.1, 0.15) is 5.56 Å². The maximum Gasteiger partial charge on any atom is 0.168 e. The molecule has 3 nitrogen and oxygen atoms in total. The Balaban J connectivity index is 2.92. The minimum Gasteiger partial charge on any atom is -0.496 e. The summed E-state index contributed by atoms with van der Waals surface area (Å²) in [4.78, 5) is 0. The van der Waals surface area contributed by atoms with Crippen LogP contribution in [0.25, 0.3) is 0 Å². The summed E-state index contributed by atoms with van der Waals surface area (Å²) in [6, 6.07) is 5.70. The Morgan fingerprint density at radius 1 is 1.54 bits per heavy atom. The number of nitrogens with one attached hydrogen (secondary N) is 1. The van der Waals surface area contributed by atoms with E-state index in [-0.39, 0.29) is 5.11 Å². The van der Waals surface area contributed by atoms with E-state index in [1.165, 1.54) is 0 Å². The Kier molecular flexibility index (Phi) is 3.08. The molecule has 3 N–H and O–H groups in total. The standard InChI is InChI=1S/C9H12N2OS/c1-6-3-4-7(11-9(10)13)5-8(6)12-2/h3-5H,1-2H3,(H3,10,11,13). The fourth-order valence-corrected chi connectivity index (χ4v) is 1.16. The number of hydrogen-bond donors (Lipinski definition) is 2. The number of nitrogens with two attached hydrogens (primary N) is 1. The first-order valence-corrected chi connectivity index (χ1v) is 4.25. The first kappa shape index (κ1) is 9.80. The molecule has 0 saturated carbocycles. The predicted octanol–water partition coefficient (Wildman–Crippen LogP) is 1.66. The number of hydrogen-bond acceptors (Lipinski definition) is 2. The van der Waals surface area contributed by atoms with Crippen LogP contribution in [0.2, 0.25) is 0 Å². The summed E-state index contributed by atoms with van der Waals surface area (Å²) < 4.78 is 5.14. The molecule has 0 radical (unpaired) electrons. The summed E-state index contributed by atoms with van der Waals surface area (Å²) >= 11 is 4.72. The lowest BCUT2D eigenvalue weighted by Crippen LogP contribution is -2.18. The molecule has 0 heterocycles. The summed E-state index contributed by atoms with van der Waals surface area (Å²) in [7, 11) is 1.63. The second-order valence-corrected chi connectivity index (χ2v) is 3.11. The molecule has 0 aliphatic heterocycles. The third-order valence-electron chi connectivity index (χ3n) is 1.68. The number of ether oxygens (including phenoxy) is 1. The van der Waals surface area contributed by atoms with Gasteiger partial charge in [-0.3, -0.25) is 0 Å². The summed E-state index contributed by atoms with van der Waals surface area (Å²) in [5.41, 5.74) is 7.26. The Labute approximate surface area is 82.9 Å². The third kappa shape index (κ3) is 2.59. The van der Waals surface area contributed by atoms with Crippen molar-refractivity contribution in [3.05, 3.63) is 23.8 Å². The van der Waals surface area contributed by atoms with Crippen molar-refractivity contribution in [2.75, 3.05) is 12.4 Å². The van der Waals surface area contributed by atoms with E-state index in [1.54, 1.807) is 7.11 Å². The summed E-state index contributed by atoms with van der Waals surface area (Å²) in [6.07, 6.45) is 0. The molecule has 4 heteroatoms. The van der Waals surface area contributed by atoms with Crippen LogP contribution in [0, 0.1) is 6.92 Å². The molecule has 0 fully saturated rings. The van der Waals surface area contributed by atoms with Gasteiger partial charge in [0.05, 0.1) is 7.11 Å². The fraction of sp³-hybridized carbons (Fsp3) is 0.222. The molecule has 0 saturated heterocycles. The van der Waals surface area contributed by atoms with E-state index in [4.69, 9.17) is 22.7 Å². The molecule has 0 aliphatic rings. The molecule has 70 valence electrons. The molecule has 0 amide bonds. The van der Waals surface area contributed by atoms with Crippen molar-refractivity contribution in [2.24, 2.45) is 5.73 Å². The largest absolute Gasteiger partial charge is 0.496 e. The molecule has 0 bridgehead atoms. The second kappa shape index (κ2) is 4.09. The van der Waals surface area contributed by atoms with Crippen molar-refractivity contribution < 1.29 is 4.74 Å². The van der Waals surface area contributed by atoms with Crippen molar-refractivity contribution in [2.45, 2.75) is 6.92 Å². The van der Waals surface area contributed by atoms with Gasteiger partial charge in [-0.15, -0.1) is 0 Å². The summed E-state index contributed by atoms with van der Waals surface area (Å²) in [5, 5.41) is 3.09. The van der Waals surface area contributed by atoms with E-state index in [2.05, 4.69) is 5.32 Å². The molecule has 0 aromatic heterocycles. The molecule has 0 atom stereocenters. The van der Waals surface area contributed by atoms with Crippen molar-refractivity contribution in [1.82, 2.24) is 0 Å². The fourth-order valence-electron chi connectivity index (χ4n) is 1.04. The van der Waals surface area contributed by atoms with Crippen LogP contribution in [0.5, 0.6) is 5.75 Å². The highest BCUT2D eigenvalue weighted by molar-refractivity contribution is 7.80. The van der Waals surface area contributed by atoms with Crippen molar-refractivity contribution in [3.63, 3.8) is 0 Å². The lowest BCUT2D eigenvalue weighted by atomic mass is 10.2. The molecule has 1 rings (SSSR count). The van der Waals surface area contributed by atoms with E-state index in [0.29, 0.717) is 0 Å². The monoisotopic (exact) mass is 196 g/mol. The van der Waals surface area contributed by atoms with Gasteiger partial charge < -0.3 is 15.8 Å². The second-order valence-electron chi connectivity index (χ2n) is 2.67. The van der Waals surface area contributed by atoms with Gasteiger partial charge in [0.15, 0.2) is 5.11 Å². The van der Waals surface area contributed by atoms with Gasteiger partial charge in [0.25, 0.3) is 0 Å². The highest BCUT2D eigenvalue weighted by Gasteiger charge is 1.99. The smallest absolute Gasteiger partial charge is 0.168 e. The van der Waals surface area contributed by atoms with Crippen LogP contribution in [0.4, 0.5) is 5.69 Å². The molecular weight excluding hydrogens is 184 g/mol. The highest BCUT2D eigenvalue weighted by atomic mass is 32.1. The Hall–Kier alpha value is -1.29. The van der Waals surface area contributed by atoms with Gasteiger partial charge in [-0.1, -0.05) is 6.07 Å². The van der Waals surface area contributed by atoms with Gasteiger partial charge in [0.1, 0.15) is 5.75 Å². The summed E-state index contributed by atoms with van der Waals surface area (Å²) in [5.74, 6) is 0.821. The van der Waals surface area contributed by atoms with Crippen LogP contribution in [0.3, 0.4) is 0 Å². The molecule has 13 heavy (non-hydrogen) atoms. The van der Waals surface area contributed by atoms with E-state index >= 15 is 0 Å². The van der Waals surface area contributed by atoms with E-state index < -0.39 is 0 Å². The number of benzene rings is 1. The topological polar surface area (TPSA) is 47.3 Å². The average molecular weight is 196 g/mol. The number of anilines is 1. The molecule has 0 spiro atoms. The van der Waals surface area contributed by atoms with E-state index in [0.717, 1.165) is 17.0 Å². The van der Waals surface area contributed by atoms with E-state index in [9.17, 15) is 0 Å². The molecule has 1 aromatic carbocycles. The van der Waals surface area contributed by atoms with Gasteiger partial charge >= 0.3 is 0 Å². The number of methoxy groups -OCH3 is 1. The normalized spacial score (nSPS) is 9.38. The first-order valence-electron chi connectivity index (χ1n) is 3.84. The van der Waals surface area contributed by atoms with Crippen molar-refractivity contribution in [1.29, 1.82) is 0 Å². The first-order chi connectivity index (χ1) is 6.13. The highest BCUT2D eigenvalue weighted by Crippen LogP contribution is 2.21. The quantitative estimate of drug-likeness (QED) is 0.706. The average Bonchev–Trinajstić information content (AvgIpc) is 2.07. The van der Waals surface area contributed by atoms with Crippen LogP contribution in [0.15, 0.2) is 18.2 Å². The zero-order chi connectivity index (χ0) is 9.84. The van der Waals surface area contributed by atoms with Gasteiger partial charge in [-0.2, -0.15) is 0 Å². The lowest BCUT2D eigenvalue weighted by molar-refractivity contribution is 0.412. The zero-order valence-corrected chi connectivity index (χ0v) is 8.44. The SMILES string of the molecule is COc1cc(NC(N)=S)ccc1C. The maximum absolute atomic E-state index is 5.33. The number of rotatable bonds is 2. The Bertz CT molecular complexity index is 325. The Morgan fingerprint density at radius 3 is 2.77 bits per heavy atom. The van der Waals surface area contributed by atoms with Gasteiger partial charge in [0.2, 0.25) is 0 Å². The molecule has 0 unspecified atom stereocenters. The maximum atomic E-state index is 5.33. The van der Waals surface area contributed by atoms with Gasteiger partial charge in [0, 0.05) is 11.8 Å². The van der Waals surface area contributed by atoms with Crippen LogP contribution >= 0.6 is 12.2 Å². The molecular formula is C9H12N2OS. The van der Waals surface area contributed by atoms with Gasteiger partial charge in [-0.05, 0) is 30.8 Å². The Morgan fingerprint density at radius 2 is 2.23 bits per heavy atom. The minimum atomic E-state index is 0.255. The van der Waals surface area contributed by atoms with Crippen LogP contribution in [-0.4, -0.2) is 12.2 Å². The van der Waals surface area contributed by atoms with E-state index in [1.807, 2.05) is 25.1 Å². The minimum absolute atomic E-state index is 0.255. The van der Waals surface area contributed by atoms with Crippen LogP contribution in [-0.2, 0) is 0 Å². The predicted molar refractivity (Wildman–Crippen MR) is 58.1 cm³/mol. The third-order valence-corrected chi connectivity index (χ3v) is 1.78. The van der Waals surface area contributed by atoms with Gasteiger partial charge in [-0.25, -0.2) is 0 Å². The van der Waals surface area contributed by atoms with Crippen molar-refractivity contribution >= 4 is 23.0 Å². The number of aryl methyl sites for hydroxylation is 1.